The number of nitrogens with zero attached hydrogens (tertiary/aromatic N) is 3. The Bertz CT molecular complexity index is 1260. The quantitative estimate of drug-likeness (QED) is 0.208. The molecule has 0 saturated carbocycles. The molecule has 2 aromatic carbocycles. The van der Waals surface area contributed by atoms with Gasteiger partial charge in [0.25, 0.3) is 5.91 Å². The van der Waals surface area contributed by atoms with Crippen molar-refractivity contribution in [3.8, 4) is 22.7 Å². The first kappa shape index (κ1) is 24.0. The zero-order valence-corrected chi connectivity index (χ0v) is 21.2. The van der Waals surface area contributed by atoms with Crippen LogP contribution in [-0.4, -0.2) is 37.6 Å². The van der Waals surface area contributed by atoms with E-state index in [-0.39, 0.29) is 11.9 Å². The molecule has 0 bridgehead atoms. The lowest BCUT2D eigenvalue weighted by molar-refractivity contribution is -0.123. The number of aromatic nitrogens is 2. The number of hydrogen-bond acceptors (Lipinski definition) is 5. The van der Waals surface area contributed by atoms with Crippen molar-refractivity contribution in [3.63, 3.8) is 0 Å². The minimum Gasteiger partial charge on any atom is -0.490 e. The Balaban J connectivity index is 1.79. The number of ether oxygens (including phenoxy) is 1. The summed E-state index contributed by atoms with van der Waals surface area (Å²) in [4.78, 5) is 15.5. The number of amides is 1. The number of carbonyl (C=O) groups is 1. The summed E-state index contributed by atoms with van der Waals surface area (Å²) in [5.74, 6) is 0.729. The van der Waals surface area contributed by atoms with Crippen molar-refractivity contribution in [2.24, 2.45) is 0 Å². The van der Waals surface area contributed by atoms with Crippen LogP contribution >= 0.6 is 24.0 Å². The third-order valence-corrected chi connectivity index (χ3v) is 7.06. The van der Waals surface area contributed by atoms with E-state index in [4.69, 9.17) is 22.1 Å². The van der Waals surface area contributed by atoms with E-state index in [0.29, 0.717) is 15.8 Å². The maximum Gasteiger partial charge on any atom is 0.266 e. The Morgan fingerprint density at radius 2 is 2.00 bits per heavy atom. The normalized spacial score (nSPS) is 15.7. The summed E-state index contributed by atoms with van der Waals surface area (Å²) in [5.41, 5.74) is 4.60. The van der Waals surface area contributed by atoms with Crippen LogP contribution in [0.15, 0.2) is 72.3 Å². The van der Waals surface area contributed by atoms with Crippen LogP contribution in [0, 0.1) is 6.92 Å². The monoisotopic (exact) mass is 489 g/mol. The summed E-state index contributed by atoms with van der Waals surface area (Å²) in [6.07, 6.45) is 6.43. The highest BCUT2D eigenvalue weighted by atomic mass is 32.2. The zero-order valence-electron chi connectivity index (χ0n) is 19.5. The van der Waals surface area contributed by atoms with Crippen molar-refractivity contribution in [1.82, 2.24) is 14.7 Å². The summed E-state index contributed by atoms with van der Waals surface area (Å²) in [6, 6.07) is 15.9. The van der Waals surface area contributed by atoms with Gasteiger partial charge >= 0.3 is 0 Å². The molecule has 5 nitrogen and oxygen atoms in total. The van der Waals surface area contributed by atoms with Gasteiger partial charge < -0.3 is 4.74 Å². The molecular weight excluding hydrogens is 462 g/mol. The zero-order chi connectivity index (χ0) is 24.2. The number of hydrogen-bond donors (Lipinski definition) is 0. The maximum absolute atomic E-state index is 13.2. The van der Waals surface area contributed by atoms with Crippen LogP contribution in [-0.2, 0) is 4.79 Å². The molecule has 4 rings (SSSR count). The van der Waals surface area contributed by atoms with Gasteiger partial charge in [-0.2, -0.15) is 5.10 Å². The van der Waals surface area contributed by atoms with Crippen LogP contribution in [0.4, 0.5) is 0 Å². The lowest BCUT2D eigenvalue weighted by atomic mass is 10.0. The number of thiocarbonyl (C=S) groups is 1. The summed E-state index contributed by atoms with van der Waals surface area (Å²) in [7, 11) is 0. The molecular formula is C27H27N3O2S2. The molecule has 1 amide bonds. The highest BCUT2D eigenvalue weighted by molar-refractivity contribution is 8.26. The van der Waals surface area contributed by atoms with Crippen molar-refractivity contribution < 1.29 is 9.53 Å². The summed E-state index contributed by atoms with van der Waals surface area (Å²) >= 11 is 6.86. The average molecular weight is 490 g/mol. The molecule has 1 saturated heterocycles. The van der Waals surface area contributed by atoms with Gasteiger partial charge in [-0.05, 0) is 62.2 Å². The molecule has 2 heterocycles. The Labute approximate surface area is 210 Å². The fourth-order valence-corrected chi connectivity index (χ4v) is 5.20. The second kappa shape index (κ2) is 10.4. The molecule has 1 aromatic heterocycles. The molecule has 174 valence electrons. The highest BCUT2D eigenvalue weighted by Gasteiger charge is 2.35. The fraction of sp³-hybridized carbons (Fsp3) is 0.222. The first-order valence-corrected chi connectivity index (χ1v) is 12.4. The van der Waals surface area contributed by atoms with Gasteiger partial charge in [0.1, 0.15) is 22.4 Å². The minimum atomic E-state index is -0.0485. The van der Waals surface area contributed by atoms with Gasteiger partial charge in [-0.15, -0.1) is 0 Å². The average Bonchev–Trinajstić information content (AvgIpc) is 3.38. The molecule has 1 aliphatic heterocycles. The molecule has 1 atom stereocenters. The Morgan fingerprint density at radius 3 is 2.68 bits per heavy atom. The molecule has 0 N–H and O–H groups in total. The fourth-order valence-electron chi connectivity index (χ4n) is 3.75. The number of rotatable bonds is 8. The number of carbonyl (C=O) groups excluding carboxylic acids is 1. The second-order valence-electron chi connectivity index (χ2n) is 8.10. The minimum absolute atomic E-state index is 0.0485. The molecule has 0 radical (unpaired) electrons. The van der Waals surface area contributed by atoms with E-state index < -0.39 is 0 Å². The largest absolute Gasteiger partial charge is 0.490 e. The van der Waals surface area contributed by atoms with E-state index in [1.165, 1.54) is 11.8 Å². The molecule has 1 unspecified atom stereocenters. The third kappa shape index (κ3) is 4.86. The van der Waals surface area contributed by atoms with E-state index in [1.54, 1.807) is 11.0 Å². The molecule has 0 aliphatic carbocycles. The van der Waals surface area contributed by atoms with E-state index in [0.717, 1.165) is 40.2 Å². The van der Waals surface area contributed by atoms with Gasteiger partial charge in [-0.25, -0.2) is 4.68 Å². The molecule has 0 spiro atoms. The molecule has 7 heteroatoms. The lowest BCUT2D eigenvalue weighted by Gasteiger charge is -2.21. The van der Waals surface area contributed by atoms with Gasteiger partial charge in [0.2, 0.25) is 0 Å². The van der Waals surface area contributed by atoms with E-state index in [2.05, 4.69) is 13.5 Å². The SMILES string of the molecule is C=CCOc1ccc(-c2nn(-c3ccccc3)cc2/C=C2/SC(=S)N(C(C)CC)C2=O)c(C)c1. The van der Waals surface area contributed by atoms with Gasteiger partial charge in [-0.1, -0.05) is 61.8 Å². The predicted octanol–water partition coefficient (Wildman–Crippen LogP) is 6.41. The van der Waals surface area contributed by atoms with Crippen LogP contribution in [0.5, 0.6) is 5.75 Å². The molecule has 1 fully saturated rings. The van der Waals surface area contributed by atoms with Crippen molar-refractivity contribution in [2.45, 2.75) is 33.2 Å². The van der Waals surface area contributed by atoms with E-state index in [1.807, 2.05) is 79.3 Å². The van der Waals surface area contributed by atoms with Crippen LogP contribution in [0.25, 0.3) is 23.0 Å². The molecule has 34 heavy (non-hydrogen) atoms. The van der Waals surface area contributed by atoms with Crippen LogP contribution in [0.2, 0.25) is 0 Å². The number of para-hydroxylation sites is 1. The van der Waals surface area contributed by atoms with Crippen molar-refractivity contribution in [2.75, 3.05) is 6.61 Å². The van der Waals surface area contributed by atoms with Crippen LogP contribution in [0.3, 0.4) is 0 Å². The van der Waals surface area contributed by atoms with Gasteiger partial charge in [0.15, 0.2) is 0 Å². The smallest absolute Gasteiger partial charge is 0.266 e. The van der Waals surface area contributed by atoms with E-state index >= 15 is 0 Å². The van der Waals surface area contributed by atoms with Crippen molar-refractivity contribution in [1.29, 1.82) is 0 Å². The van der Waals surface area contributed by atoms with Gasteiger partial charge in [-0.3, -0.25) is 9.69 Å². The maximum atomic E-state index is 13.2. The number of aryl methyl sites for hydroxylation is 1. The topological polar surface area (TPSA) is 47.4 Å². The van der Waals surface area contributed by atoms with Crippen molar-refractivity contribution in [3.05, 3.63) is 83.4 Å². The first-order chi connectivity index (χ1) is 16.4. The van der Waals surface area contributed by atoms with Crippen LogP contribution in [0.1, 0.15) is 31.4 Å². The third-order valence-electron chi connectivity index (χ3n) is 5.73. The van der Waals surface area contributed by atoms with Crippen molar-refractivity contribution >= 4 is 40.3 Å². The van der Waals surface area contributed by atoms with Gasteiger partial charge in [0.05, 0.1) is 10.6 Å². The highest BCUT2D eigenvalue weighted by Crippen LogP contribution is 2.37. The Kier molecular flexibility index (Phi) is 7.34. The Morgan fingerprint density at radius 1 is 1.24 bits per heavy atom. The summed E-state index contributed by atoms with van der Waals surface area (Å²) in [5, 5.41) is 4.91. The second-order valence-corrected chi connectivity index (χ2v) is 9.77. The first-order valence-electron chi connectivity index (χ1n) is 11.2. The number of thioether (sulfide) groups is 1. The van der Waals surface area contributed by atoms with Crippen LogP contribution < -0.4 is 4.74 Å². The van der Waals surface area contributed by atoms with Gasteiger partial charge in [0, 0.05) is 23.4 Å². The summed E-state index contributed by atoms with van der Waals surface area (Å²) < 4.78 is 8.13. The summed E-state index contributed by atoms with van der Waals surface area (Å²) in [6.45, 7) is 10.3. The molecule has 3 aromatic rings. The predicted molar refractivity (Wildman–Crippen MR) is 144 cm³/mol. The standard InChI is InChI=1S/C27H27N3O2S2/c1-5-14-32-22-12-13-23(18(3)15-22)25-20(17-29(28-25)21-10-8-7-9-11-21)16-24-26(31)30(19(4)6-2)27(33)34-24/h5,7-13,15-17,19H,1,6,14H2,2-4H3/b24-16+. The van der Waals surface area contributed by atoms with E-state index in [9.17, 15) is 4.79 Å². The number of benzene rings is 2. The molecule has 1 aliphatic rings. The lowest BCUT2D eigenvalue weighted by Crippen LogP contribution is -2.36. The Hall–Kier alpha value is -3.16.